The molecule has 0 amide bonds. The number of likely N-dealkylation sites (N-methyl/N-ethyl adjacent to an activating group) is 1. The van der Waals surface area contributed by atoms with Crippen molar-refractivity contribution in [2.45, 2.75) is 20.3 Å². The molecule has 0 saturated carbocycles. The largest absolute Gasteiger partial charge is 0.330 e. The fraction of sp³-hybridized carbons (Fsp3) is 0.667. The van der Waals surface area contributed by atoms with Crippen LogP contribution in [0.2, 0.25) is 0 Å². The maximum Gasteiger partial charge on any atom is 0.00418 e. The van der Waals surface area contributed by atoms with Crippen LogP contribution in [-0.2, 0) is 6.42 Å². The summed E-state index contributed by atoms with van der Waals surface area (Å²) in [5.41, 5.74) is 7.39. The highest BCUT2D eigenvalue weighted by Gasteiger charge is 2.17. The summed E-state index contributed by atoms with van der Waals surface area (Å²) >= 11 is 1.77. The zero-order chi connectivity index (χ0) is 11.3. The van der Waals surface area contributed by atoms with Gasteiger partial charge in [-0.25, -0.2) is 0 Å². The van der Waals surface area contributed by atoms with Gasteiger partial charge in [0.15, 0.2) is 0 Å². The molecule has 3 heteroatoms. The predicted molar refractivity (Wildman–Crippen MR) is 68.4 cm³/mol. The monoisotopic (exact) mass is 226 g/mol. The number of thiophene rings is 1. The average Bonchev–Trinajstić information content (AvgIpc) is 2.66. The van der Waals surface area contributed by atoms with Crippen molar-refractivity contribution in [1.82, 2.24) is 4.90 Å². The highest BCUT2D eigenvalue weighted by Crippen LogP contribution is 2.14. The highest BCUT2D eigenvalue weighted by molar-refractivity contribution is 7.07. The van der Waals surface area contributed by atoms with E-state index in [0.717, 1.165) is 26.1 Å². The molecule has 0 spiro atoms. The van der Waals surface area contributed by atoms with Gasteiger partial charge in [0.05, 0.1) is 0 Å². The van der Waals surface area contributed by atoms with E-state index in [0.29, 0.717) is 0 Å². The smallest absolute Gasteiger partial charge is 0.00418 e. The number of hydrogen-bond donors (Lipinski definition) is 1. The number of nitrogens with two attached hydrogens (primary N) is 1. The van der Waals surface area contributed by atoms with Gasteiger partial charge in [-0.1, -0.05) is 13.8 Å². The number of hydrogen-bond acceptors (Lipinski definition) is 3. The Hall–Kier alpha value is -0.380. The van der Waals surface area contributed by atoms with Crippen molar-refractivity contribution in [1.29, 1.82) is 0 Å². The van der Waals surface area contributed by atoms with E-state index in [2.05, 4.69) is 42.6 Å². The molecular formula is C12H22N2S. The molecule has 0 unspecified atom stereocenters. The standard InChI is InChI=1S/C12H22N2S/c1-12(2,9-13)10-14(3)6-4-11-5-7-15-8-11/h5,7-8H,4,6,9-10,13H2,1-3H3. The molecule has 2 nitrogen and oxygen atoms in total. The van der Waals surface area contributed by atoms with Gasteiger partial charge >= 0.3 is 0 Å². The summed E-state index contributed by atoms with van der Waals surface area (Å²) in [5.74, 6) is 0. The molecule has 1 aromatic heterocycles. The Morgan fingerprint density at radius 2 is 2.20 bits per heavy atom. The van der Waals surface area contributed by atoms with Crippen LogP contribution in [0, 0.1) is 5.41 Å². The lowest BCUT2D eigenvalue weighted by molar-refractivity contribution is 0.218. The fourth-order valence-electron chi connectivity index (χ4n) is 1.63. The lowest BCUT2D eigenvalue weighted by Crippen LogP contribution is -2.37. The minimum atomic E-state index is 0.226. The van der Waals surface area contributed by atoms with Crippen LogP contribution in [0.5, 0.6) is 0 Å². The third-order valence-electron chi connectivity index (χ3n) is 2.61. The van der Waals surface area contributed by atoms with Gasteiger partial charge in [0.2, 0.25) is 0 Å². The Labute approximate surface area is 97.1 Å². The van der Waals surface area contributed by atoms with E-state index in [1.165, 1.54) is 5.56 Å². The van der Waals surface area contributed by atoms with Gasteiger partial charge in [-0.2, -0.15) is 11.3 Å². The van der Waals surface area contributed by atoms with E-state index >= 15 is 0 Å². The Bertz CT molecular complexity index is 267. The van der Waals surface area contributed by atoms with Gasteiger partial charge in [0.25, 0.3) is 0 Å². The molecule has 0 aliphatic rings. The van der Waals surface area contributed by atoms with E-state index in [1.54, 1.807) is 11.3 Å². The minimum Gasteiger partial charge on any atom is -0.330 e. The Kier molecular flexibility index (Phi) is 4.77. The van der Waals surface area contributed by atoms with Crippen LogP contribution in [-0.4, -0.2) is 31.6 Å². The predicted octanol–water partition coefficient (Wildman–Crippen LogP) is 2.21. The van der Waals surface area contributed by atoms with E-state index in [1.807, 2.05) is 0 Å². The van der Waals surface area contributed by atoms with Gasteiger partial charge in [0, 0.05) is 13.1 Å². The molecule has 2 N–H and O–H groups in total. The first-order valence-electron chi connectivity index (χ1n) is 5.43. The lowest BCUT2D eigenvalue weighted by atomic mass is 9.93. The van der Waals surface area contributed by atoms with Crippen LogP contribution in [0.25, 0.3) is 0 Å². The summed E-state index contributed by atoms with van der Waals surface area (Å²) in [7, 11) is 2.17. The summed E-state index contributed by atoms with van der Waals surface area (Å²) in [6, 6.07) is 2.20. The number of nitrogens with zero attached hydrogens (tertiary/aromatic N) is 1. The Morgan fingerprint density at radius 1 is 1.47 bits per heavy atom. The summed E-state index contributed by atoms with van der Waals surface area (Å²) in [4.78, 5) is 2.37. The molecule has 0 aliphatic heterocycles. The highest BCUT2D eigenvalue weighted by atomic mass is 32.1. The third kappa shape index (κ3) is 4.78. The van der Waals surface area contributed by atoms with Crippen LogP contribution in [0.4, 0.5) is 0 Å². The van der Waals surface area contributed by atoms with E-state index < -0.39 is 0 Å². The first-order chi connectivity index (χ1) is 7.03. The summed E-state index contributed by atoms with van der Waals surface area (Å²) < 4.78 is 0. The maximum atomic E-state index is 5.72. The molecule has 0 aliphatic carbocycles. The van der Waals surface area contributed by atoms with E-state index in [-0.39, 0.29) is 5.41 Å². The molecule has 1 heterocycles. The normalized spacial score (nSPS) is 12.3. The van der Waals surface area contributed by atoms with Crippen LogP contribution >= 0.6 is 11.3 Å². The van der Waals surface area contributed by atoms with Crippen LogP contribution in [0.1, 0.15) is 19.4 Å². The van der Waals surface area contributed by atoms with Gasteiger partial charge in [0.1, 0.15) is 0 Å². The molecule has 0 radical (unpaired) electrons. The second kappa shape index (κ2) is 5.64. The topological polar surface area (TPSA) is 29.3 Å². The van der Waals surface area contributed by atoms with E-state index in [9.17, 15) is 0 Å². The van der Waals surface area contributed by atoms with Crippen molar-refractivity contribution in [3.63, 3.8) is 0 Å². The molecule has 15 heavy (non-hydrogen) atoms. The molecule has 1 aromatic rings. The molecule has 0 aromatic carbocycles. The van der Waals surface area contributed by atoms with Gasteiger partial charge in [-0.15, -0.1) is 0 Å². The van der Waals surface area contributed by atoms with Crippen molar-refractivity contribution < 1.29 is 0 Å². The Morgan fingerprint density at radius 3 is 2.73 bits per heavy atom. The summed E-state index contributed by atoms with van der Waals surface area (Å²) in [6.45, 7) is 7.35. The molecule has 0 saturated heterocycles. The van der Waals surface area contributed by atoms with E-state index in [4.69, 9.17) is 5.73 Å². The van der Waals surface area contributed by atoms with Gasteiger partial charge < -0.3 is 10.6 Å². The van der Waals surface area contributed by atoms with Crippen molar-refractivity contribution in [2.24, 2.45) is 11.1 Å². The zero-order valence-corrected chi connectivity index (χ0v) is 10.8. The minimum absolute atomic E-state index is 0.226. The van der Waals surface area contributed by atoms with Crippen molar-refractivity contribution in [2.75, 3.05) is 26.7 Å². The summed E-state index contributed by atoms with van der Waals surface area (Å²) in [5, 5.41) is 4.36. The van der Waals surface area contributed by atoms with Crippen molar-refractivity contribution in [3.8, 4) is 0 Å². The maximum absolute atomic E-state index is 5.72. The third-order valence-corrected chi connectivity index (χ3v) is 3.34. The van der Waals surface area contributed by atoms with Crippen LogP contribution in [0.15, 0.2) is 16.8 Å². The SMILES string of the molecule is CN(CCc1ccsc1)CC(C)(C)CN. The molecule has 0 atom stereocenters. The van der Waals surface area contributed by atoms with Crippen LogP contribution in [0.3, 0.4) is 0 Å². The van der Waals surface area contributed by atoms with Gasteiger partial charge in [-0.3, -0.25) is 0 Å². The number of rotatable bonds is 6. The average molecular weight is 226 g/mol. The Balaban J connectivity index is 2.27. The zero-order valence-electron chi connectivity index (χ0n) is 9.99. The molecule has 1 rings (SSSR count). The van der Waals surface area contributed by atoms with Crippen molar-refractivity contribution in [3.05, 3.63) is 22.4 Å². The fourth-order valence-corrected chi connectivity index (χ4v) is 2.33. The van der Waals surface area contributed by atoms with Gasteiger partial charge in [-0.05, 0) is 47.8 Å². The first-order valence-corrected chi connectivity index (χ1v) is 6.37. The van der Waals surface area contributed by atoms with Crippen LogP contribution < -0.4 is 5.73 Å². The second-order valence-electron chi connectivity index (χ2n) is 4.99. The second-order valence-corrected chi connectivity index (χ2v) is 5.77. The molecular weight excluding hydrogens is 204 g/mol. The summed E-state index contributed by atoms with van der Waals surface area (Å²) in [6.07, 6.45) is 1.14. The van der Waals surface area contributed by atoms with Crippen molar-refractivity contribution >= 4 is 11.3 Å². The quantitative estimate of drug-likeness (QED) is 0.806. The first kappa shape index (κ1) is 12.7. The lowest BCUT2D eigenvalue weighted by Gasteiger charge is -2.28. The molecule has 0 fully saturated rings. The molecule has 86 valence electrons. The molecule has 0 bridgehead atoms.